The van der Waals surface area contributed by atoms with Crippen molar-refractivity contribution in [3.05, 3.63) is 59.4 Å². The van der Waals surface area contributed by atoms with Gasteiger partial charge in [0.05, 0.1) is 21.4 Å². The molecule has 1 atom stereocenters. The Morgan fingerprint density at radius 1 is 1.07 bits per heavy atom. The van der Waals surface area contributed by atoms with Crippen molar-refractivity contribution < 1.29 is 26.0 Å². The van der Waals surface area contributed by atoms with Gasteiger partial charge in [-0.25, -0.2) is 31.1 Å². The minimum absolute atomic E-state index is 0.0755. The van der Waals surface area contributed by atoms with E-state index in [9.17, 15) is 26.0 Å². The maximum Gasteiger partial charge on any atom is 0.257 e. The van der Waals surface area contributed by atoms with Gasteiger partial charge in [-0.3, -0.25) is 4.79 Å². The summed E-state index contributed by atoms with van der Waals surface area (Å²) in [6, 6.07) is 7.99. The number of hydrogen-bond donors (Lipinski definition) is 2. The van der Waals surface area contributed by atoms with E-state index < -0.39 is 43.4 Å². The first-order chi connectivity index (χ1) is 12.9. The third kappa shape index (κ3) is 4.55. The second-order valence-electron chi connectivity index (χ2n) is 6.06. The summed E-state index contributed by atoms with van der Waals surface area (Å²) in [6.07, 6.45) is 0. The topological polar surface area (TPSA) is 127 Å². The molecule has 0 saturated carbocycles. The Kier molecular flexibility index (Phi) is 6.24. The lowest BCUT2D eigenvalue weighted by molar-refractivity contribution is 0.0737. The number of amides is 1. The number of sulfonamides is 2. The number of carbonyl (C=O) groups is 1. The van der Waals surface area contributed by atoms with E-state index in [1.165, 1.54) is 43.3 Å². The zero-order valence-electron chi connectivity index (χ0n) is 15.4. The van der Waals surface area contributed by atoms with Crippen LogP contribution in [0.1, 0.15) is 28.9 Å². The van der Waals surface area contributed by atoms with Gasteiger partial charge in [-0.15, -0.1) is 0 Å². The first-order valence-corrected chi connectivity index (χ1v) is 11.0. The summed E-state index contributed by atoms with van der Waals surface area (Å²) in [5, 5.41) is 5.06. The lowest BCUT2D eigenvalue weighted by Crippen LogP contribution is -2.30. The molecule has 28 heavy (non-hydrogen) atoms. The fraction of sp³-hybridized carbons (Fsp3) is 0.235. The molecule has 11 heteroatoms. The summed E-state index contributed by atoms with van der Waals surface area (Å²) >= 11 is 0. The van der Waals surface area contributed by atoms with Crippen LogP contribution < -0.4 is 9.86 Å². The number of nitrogens with one attached hydrogen (secondary N) is 1. The molecule has 2 aromatic carbocycles. The molecule has 0 aliphatic heterocycles. The summed E-state index contributed by atoms with van der Waals surface area (Å²) in [7, 11) is -5.05. The van der Waals surface area contributed by atoms with Crippen LogP contribution in [0.5, 0.6) is 0 Å². The van der Waals surface area contributed by atoms with Crippen LogP contribution in [0.3, 0.4) is 0 Å². The van der Waals surface area contributed by atoms with Crippen LogP contribution in [0, 0.1) is 5.82 Å². The Bertz CT molecular complexity index is 1100. The summed E-state index contributed by atoms with van der Waals surface area (Å²) in [6.45, 7) is 1.66. The molecule has 0 aliphatic rings. The van der Waals surface area contributed by atoms with Crippen LogP contribution in [0.15, 0.2) is 52.3 Å². The van der Waals surface area contributed by atoms with Crippen molar-refractivity contribution in [1.29, 1.82) is 0 Å². The van der Waals surface area contributed by atoms with E-state index in [0.29, 0.717) is 5.56 Å². The molecule has 0 spiro atoms. The highest BCUT2D eigenvalue weighted by Gasteiger charge is 2.24. The molecule has 1 unspecified atom stereocenters. The number of benzene rings is 2. The van der Waals surface area contributed by atoms with E-state index in [4.69, 9.17) is 5.14 Å². The molecular formula is C17H20FN3O5S2. The van der Waals surface area contributed by atoms with Gasteiger partial charge in [-0.1, -0.05) is 12.1 Å². The first kappa shape index (κ1) is 22.0. The highest BCUT2D eigenvalue weighted by atomic mass is 32.2. The Balaban J connectivity index is 2.35. The van der Waals surface area contributed by atoms with Gasteiger partial charge in [0.2, 0.25) is 20.0 Å². The zero-order valence-corrected chi connectivity index (χ0v) is 17.0. The number of nitrogens with zero attached hydrogens (tertiary/aromatic N) is 1. The fourth-order valence-corrected chi connectivity index (χ4v) is 3.75. The summed E-state index contributed by atoms with van der Waals surface area (Å²) in [5.41, 5.74) is 0.189. The number of primary sulfonamides is 1. The second kappa shape index (κ2) is 7.95. The molecule has 0 saturated heterocycles. The normalized spacial score (nSPS) is 13.2. The SMILES string of the molecule is CNS(=O)(=O)c1ccc(F)c(C(=O)N(C)C(C)c2ccc(S(N)(=O)=O)cc2)c1. The Labute approximate surface area is 163 Å². The maximum atomic E-state index is 14.2. The Morgan fingerprint density at radius 2 is 1.61 bits per heavy atom. The smallest absolute Gasteiger partial charge is 0.257 e. The van der Waals surface area contributed by atoms with Gasteiger partial charge in [0, 0.05) is 7.05 Å². The Morgan fingerprint density at radius 3 is 2.11 bits per heavy atom. The number of hydrogen-bond acceptors (Lipinski definition) is 5. The molecule has 152 valence electrons. The zero-order chi connectivity index (χ0) is 21.3. The number of nitrogens with two attached hydrogens (primary N) is 1. The highest BCUT2D eigenvalue weighted by Crippen LogP contribution is 2.24. The Hall–Kier alpha value is -2.34. The molecule has 1 amide bonds. The van der Waals surface area contributed by atoms with Crippen molar-refractivity contribution >= 4 is 26.0 Å². The van der Waals surface area contributed by atoms with Gasteiger partial charge in [0.15, 0.2) is 0 Å². The van der Waals surface area contributed by atoms with Gasteiger partial charge < -0.3 is 4.90 Å². The molecule has 0 aliphatic carbocycles. The highest BCUT2D eigenvalue weighted by molar-refractivity contribution is 7.89. The van der Waals surface area contributed by atoms with Gasteiger partial charge in [0.1, 0.15) is 5.82 Å². The average molecular weight is 429 g/mol. The molecule has 2 rings (SSSR count). The molecule has 0 heterocycles. The minimum Gasteiger partial charge on any atom is -0.335 e. The quantitative estimate of drug-likeness (QED) is 0.714. The third-order valence-corrected chi connectivity index (χ3v) is 6.68. The van der Waals surface area contributed by atoms with Crippen molar-refractivity contribution in [3.8, 4) is 0 Å². The van der Waals surface area contributed by atoms with E-state index in [2.05, 4.69) is 4.72 Å². The van der Waals surface area contributed by atoms with Gasteiger partial charge >= 0.3 is 0 Å². The van der Waals surface area contributed by atoms with Crippen LogP contribution in [0.25, 0.3) is 0 Å². The van der Waals surface area contributed by atoms with E-state index in [-0.39, 0.29) is 9.79 Å². The van der Waals surface area contributed by atoms with Crippen molar-refractivity contribution in [3.63, 3.8) is 0 Å². The largest absolute Gasteiger partial charge is 0.335 e. The molecule has 0 aromatic heterocycles. The summed E-state index contributed by atoms with van der Waals surface area (Å²) < 4.78 is 62.8. The van der Waals surface area contributed by atoms with E-state index in [0.717, 1.165) is 18.2 Å². The predicted molar refractivity (Wildman–Crippen MR) is 101 cm³/mol. The second-order valence-corrected chi connectivity index (χ2v) is 9.50. The fourth-order valence-electron chi connectivity index (χ4n) is 2.48. The standard InChI is InChI=1S/C17H20FN3O5S2/c1-11(12-4-6-13(7-5-12)27(19,23)24)21(3)17(22)15-10-14(8-9-16(15)18)28(25,26)20-2/h4-11,20H,1-3H3,(H2,19,23,24). The van der Waals surface area contributed by atoms with E-state index in [1.807, 2.05) is 0 Å². The monoisotopic (exact) mass is 429 g/mol. The average Bonchev–Trinajstić information content (AvgIpc) is 2.65. The number of rotatable bonds is 6. The van der Waals surface area contributed by atoms with Crippen LogP contribution in [-0.4, -0.2) is 41.7 Å². The summed E-state index contributed by atoms with van der Waals surface area (Å²) in [4.78, 5) is 13.6. The lowest BCUT2D eigenvalue weighted by Gasteiger charge is -2.26. The molecule has 0 radical (unpaired) electrons. The van der Waals surface area contributed by atoms with Gasteiger partial charge in [0.25, 0.3) is 5.91 Å². The molecule has 2 aromatic rings. The van der Waals surface area contributed by atoms with E-state index in [1.54, 1.807) is 6.92 Å². The molecule has 8 nitrogen and oxygen atoms in total. The predicted octanol–water partition coefficient (Wildman–Crippen LogP) is 1.21. The summed E-state index contributed by atoms with van der Waals surface area (Å²) in [5.74, 6) is -1.59. The van der Waals surface area contributed by atoms with Crippen LogP contribution in [0.4, 0.5) is 4.39 Å². The first-order valence-electron chi connectivity index (χ1n) is 8.01. The van der Waals surface area contributed by atoms with Crippen LogP contribution in [-0.2, 0) is 20.0 Å². The van der Waals surface area contributed by atoms with Crippen LogP contribution in [0.2, 0.25) is 0 Å². The molecule has 0 bridgehead atoms. The minimum atomic E-state index is -3.84. The van der Waals surface area contributed by atoms with Gasteiger partial charge in [-0.2, -0.15) is 0 Å². The van der Waals surface area contributed by atoms with Crippen molar-refractivity contribution in [2.45, 2.75) is 22.8 Å². The van der Waals surface area contributed by atoms with E-state index >= 15 is 0 Å². The maximum absolute atomic E-state index is 14.2. The molecular weight excluding hydrogens is 409 g/mol. The van der Waals surface area contributed by atoms with Crippen molar-refractivity contribution in [2.24, 2.45) is 5.14 Å². The number of carbonyl (C=O) groups excluding carboxylic acids is 1. The van der Waals surface area contributed by atoms with Gasteiger partial charge in [-0.05, 0) is 49.9 Å². The number of halogens is 1. The van der Waals surface area contributed by atoms with Crippen LogP contribution >= 0.6 is 0 Å². The van der Waals surface area contributed by atoms with Crippen molar-refractivity contribution in [1.82, 2.24) is 9.62 Å². The molecule has 0 fully saturated rings. The lowest BCUT2D eigenvalue weighted by atomic mass is 10.1. The van der Waals surface area contributed by atoms with Crippen molar-refractivity contribution in [2.75, 3.05) is 14.1 Å². The molecule has 3 N–H and O–H groups in total. The third-order valence-electron chi connectivity index (χ3n) is 4.34.